The smallest absolute Gasteiger partial charge is 0.0615 e. The number of ether oxygens (including phenoxy) is 1. The first-order valence-electron chi connectivity index (χ1n) is 7.19. The maximum Gasteiger partial charge on any atom is 0.0615 e. The minimum absolute atomic E-state index is 0.502. The number of rotatable bonds is 6. The Bertz CT molecular complexity index is 199. The molecule has 3 atom stereocenters. The second kappa shape index (κ2) is 8.06. The molecule has 0 aromatic rings. The molecule has 3 nitrogen and oxygen atoms in total. The van der Waals surface area contributed by atoms with Gasteiger partial charge in [-0.2, -0.15) is 0 Å². The van der Waals surface area contributed by atoms with Crippen LogP contribution < -0.4 is 5.73 Å². The van der Waals surface area contributed by atoms with E-state index in [0.717, 1.165) is 19.7 Å². The highest BCUT2D eigenvalue weighted by Gasteiger charge is 2.29. The zero-order chi connectivity index (χ0) is 12.7. The quantitative estimate of drug-likeness (QED) is 0.726. The van der Waals surface area contributed by atoms with Gasteiger partial charge in [0.15, 0.2) is 0 Å². The van der Waals surface area contributed by atoms with Gasteiger partial charge in [-0.3, -0.25) is 4.90 Å². The number of nitrogens with two attached hydrogens (primary N) is 1. The molecule has 1 saturated carbocycles. The Hall–Kier alpha value is -0.120. The Morgan fingerprint density at radius 3 is 2.59 bits per heavy atom. The molecule has 0 saturated heterocycles. The van der Waals surface area contributed by atoms with E-state index < -0.39 is 0 Å². The molecule has 2 N–H and O–H groups in total. The van der Waals surface area contributed by atoms with E-state index in [1.165, 1.54) is 32.1 Å². The fourth-order valence-corrected chi connectivity index (χ4v) is 3.29. The largest absolute Gasteiger partial charge is 0.383 e. The van der Waals surface area contributed by atoms with Crippen LogP contribution in [0.5, 0.6) is 0 Å². The van der Waals surface area contributed by atoms with E-state index in [2.05, 4.69) is 18.7 Å². The summed E-state index contributed by atoms with van der Waals surface area (Å²) < 4.78 is 5.30. The van der Waals surface area contributed by atoms with Crippen molar-refractivity contribution in [1.29, 1.82) is 0 Å². The number of likely N-dealkylation sites (N-methyl/N-ethyl adjacent to an activating group) is 1. The highest BCUT2D eigenvalue weighted by atomic mass is 16.5. The number of hydrogen-bond acceptors (Lipinski definition) is 3. The molecule has 1 fully saturated rings. The maximum atomic E-state index is 5.97. The Morgan fingerprint density at radius 2 is 2.00 bits per heavy atom. The van der Waals surface area contributed by atoms with E-state index in [0.29, 0.717) is 18.0 Å². The van der Waals surface area contributed by atoms with Crippen molar-refractivity contribution in [3.05, 3.63) is 0 Å². The third-order valence-corrected chi connectivity index (χ3v) is 4.19. The van der Waals surface area contributed by atoms with Gasteiger partial charge < -0.3 is 10.5 Å². The van der Waals surface area contributed by atoms with E-state index in [-0.39, 0.29) is 0 Å². The SMILES string of the molecule is CCN(C(C)COC)C1CCCCCC1CN. The summed E-state index contributed by atoms with van der Waals surface area (Å²) in [5.41, 5.74) is 5.97. The molecule has 3 unspecified atom stereocenters. The molecule has 1 aliphatic rings. The minimum Gasteiger partial charge on any atom is -0.383 e. The van der Waals surface area contributed by atoms with Gasteiger partial charge in [-0.15, -0.1) is 0 Å². The van der Waals surface area contributed by atoms with Crippen LogP contribution in [0.1, 0.15) is 46.0 Å². The summed E-state index contributed by atoms with van der Waals surface area (Å²) in [6, 6.07) is 1.17. The summed E-state index contributed by atoms with van der Waals surface area (Å²) in [5, 5.41) is 0. The van der Waals surface area contributed by atoms with Crippen LogP contribution in [0, 0.1) is 5.92 Å². The average Bonchev–Trinajstić information content (AvgIpc) is 2.56. The molecule has 0 aromatic carbocycles. The molecular weight excluding hydrogens is 212 g/mol. The summed E-state index contributed by atoms with van der Waals surface area (Å²) in [4.78, 5) is 2.60. The summed E-state index contributed by atoms with van der Waals surface area (Å²) in [6.45, 7) is 7.28. The van der Waals surface area contributed by atoms with E-state index in [9.17, 15) is 0 Å². The zero-order valence-corrected chi connectivity index (χ0v) is 11.8. The number of hydrogen-bond donors (Lipinski definition) is 1. The Labute approximate surface area is 107 Å². The van der Waals surface area contributed by atoms with Crippen LogP contribution in [0.3, 0.4) is 0 Å². The van der Waals surface area contributed by atoms with Gasteiger partial charge in [-0.1, -0.05) is 26.2 Å². The lowest BCUT2D eigenvalue weighted by atomic mass is 9.92. The molecule has 102 valence electrons. The third-order valence-electron chi connectivity index (χ3n) is 4.19. The Balaban J connectivity index is 2.68. The van der Waals surface area contributed by atoms with Gasteiger partial charge in [-0.25, -0.2) is 0 Å². The fourth-order valence-electron chi connectivity index (χ4n) is 3.29. The standard InChI is InChI=1S/C14H30N2O/c1-4-16(12(2)11-17-3)14-9-7-5-6-8-13(14)10-15/h12-14H,4-11,15H2,1-3H3. The summed E-state index contributed by atoms with van der Waals surface area (Å²) >= 11 is 0. The van der Waals surface area contributed by atoms with Crippen molar-refractivity contribution in [1.82, 2.24) is 4.90 Å². The molecule has 1 aliphatic carbocycles. The topological polar surface area (TPSA) is 38.5 Å². The van der Waals surface area contributed by atoms with Crippen LogP contribution in [0.2, 0.25) is 0 Å². The molecule has 17 heavy (non-hydrogen) atoms. The van der Waals surface area contributed by atoms with Crippen LogP contribution in [0.4, 0.5) is 0 Å². The van der Waals surface area contributed by atoms with Gasteiger partial charge in [0.25, 0.3) is 0 Å². The third kappa shape index (κ3) is 4.23. The summed E-state index contributed by atoms with van der Waals surface area (Å²) in [6.07, 6.45) is 6.70. The van der Waals surface area contributed by atoms with Crippen LogP contribution in [-0.4, -0.2) is 43.8 Å². The van der Waals surface area contributed by atoms with Crippen molar-refractivity contribution >= 4 is 0 Å². The lowest BCUT2D eigenvalue weighted by molar-refractivity contribution is 0.0490. The molecule has 0 aromatic heterocycles. The molecule has 1 rings (SSSR count). The molecule has 0 amide bonds. The van der Waals surface area contributed by atoms with Crippen molar-refractivity contribution in [2.75, 3.05) is 26.8 Å². The second-order valence-corrected chi connectivity index (χ2v) is 5.34. The molecule has 0 aliphatic heterocycles. The van der Waals surface area contributed by atoms with Crippen molar-refractivity contribution in [3.8, 4) is 0 Å². The number of nitrogens with zero attached hydrogens (tertiary/aromatic N) is 1. The van der Waals surface area contributed by atoms with Crippen molar-refractivity contribution in [2.24, 2.45) is 11.7 Å². The van der Waals surface area contributed by atoms with Crippen LogP contribution in [-0.2, 0) is 4.74 Å². The second-order valence-electron chi connectivity index (χ2n) is 5.34. The lowest BCUT2D eigenvalue weighted by Gasteiger charge is -2.39. The van der Waals surface area contributed by atoms with E-state index in [4.69, 9.17) is 10.5 Å². The molecule has 0 spiro atoms. The van der Waals surface area contributed by atoms with Gasteiger partial charge in [0, 0.05) is 19.2 Å². The average molecular weight is 242 g/mol. The van der Waals surface area contributed by atoms with Gasteiger partial charge >= 0.3 is 0 Å². The summed E-state index contributed by atoms with van der Waals surface area (Å²) in [7, 11) is 1.79. The van der Waals surface area contributed by atoms with Crippen molar-refractivity contribution in [2.45, 2.75) is 58.0 Å². The van der Waals surface area contributed by atoms with E-state index in [1.807, 2.05) is 0 Å². The molecule has 0 bridgehead atoms. The highest BCUT2D eigenvalue weighted by molar-refractivity contribution is 4.84. The first-order chi connectivity index (χ1) is 8.24. The summed E-state index contributed by atoms with van der Waals surface area (Å²) in [5.74, 6) is 0.678. The molecule has 0 radical (unpaired) electrons. The first-order valence-corrected chi connectivity index (χ1v) is 7.19. The zero-order valence-electron chi connectivity index (χ0n) is 11.8. The van der Waals surface area contributed by atoms with Crippen LogP contribution >= 0.6 is 0 Å². The van der Waals surface area contributed by atoms with E-state index in [1.54, 1.807) is 7.11 Å². The van der Waals surface area contributed by atoms with Crippen LogP contribution in [0.25, 0.3) is 0 Å². The monoisotopic (exact) mass is 242 g/mol. The Kier molecular flexibility index (Phi) is 7.09. The van der Waals surface area contributed by atoms with Crippen molar-refractivity contribution in [3.63, 3.8) is 0 Å². The van der Waals surface area contributed by atoms with Gasteiger partial charge in [-0.05, 0) is 38.8 Å². The van der Waals surface area contributed by atoms with Crippen molar-refractivity contribution < 1.29 is 4.74 Å². The lowest BCUT2D eigenvalue weighted by Crippen LogP contribution is -2.48. The van der Waals surface area contributed by atoms with Gasteiger partial charge in [0.1, 0.15) is 0 Å². The molecule has 3 heteroatoms. The predicted molar refractivity (Wildman–Crippen MR) is 73.1 cm³/mol. The molecule has 0 heterocycles. The van der Waals surface area contributed by atoms with E-state index >= 15 is 0 Å². The maximum absolute atomic E-state index is 5.97. The Morgan fingerprint density at radius 1 is 1.29 bits per heavy atom. The van der Waals surface area contributed by atoms with Gasteiger partial charge in [0.05, 0.1) is 6.61 Å². The highest BCUT2D eigenvalue weighted by Crippen LogP contribution is 2.28. The molecular formula is C14H30N2O. The first kappa shape index (κ1) is 14.9. The normalized spacial score (nSPS) is 28.1. The minimum atomic E-state index is 0.502. The van der Waals surface area contributed by atoms with Crippen LogP contribution in [0.15, 0.2) is 0 Å². The fraction of sp³-hybridized carbons (Fsp3) is 1.00. The predicted octanol–water partition coefficient (Wildman–Crippen LogP) is 2.25. The van der Waals surface area contributed by atoms with Gasteiger partial charge in [0.2, 0.25) is 0 Å². The number of methoxy groups -OCH3 is 1.